The number of para-hydroxylation sites is 1. The minimum absolute atomic E-state index is 0.529. The number of benzene rings is 1. The normalized spacial score (nSPS) is 16.1. The van der Waals surface area contributed by atoms with E-state index in [2.05, 4.69) is 10.5 Å². The van der Waals surface area contributed by atoms with Gasteiger partial charge in [0.1, 0.15) is 11.5 Å². The molecule has 0 aromatic heterocycles. The first-order chi connectivity index (χ1) is 8.16. The maximum absolute atomic E-state index is 6.01. The summed E-state index contributed by atoms with van der Waals surface area (Å²) in [5.41, 5.74) is 3.36. The second-order valence-corrected chi connectivity index (χ2v) is 4.94. The van der Waals surface area contributed by atoms with Crippen LogP contribution in [0.4, 0.5) is 5.69 Å². The molecule has 3 nitrogen and oxygen atoms in total. The van der Waals surface area contributed by atoms with Crippen molar-refractivity contribution in [2.45, 2.75) is 19.8 Å². The molecule has 0 spiro atoms. The van der Waals surface area contributed by atoms with Gasteiger partial charge in [0.2, 0.25) is 0 Å². The lowest BCUT2D eigenvalue weighted by atomic mass is 10.3. The number of hydrogen-bond donors (Lipinski definition) is 1. The fourth-order valence-corrected chi connectivity index (χ4v) is 1.82. The summed E-state index contributed by atoms with van der Waals surface area (Å²) in [6.45, 7) is 2.54. The molecule has 0 amide bonds. The zero-order valence-corrected chi connectivity index (χ0v) is 11.1. The number of halogens is 2. The van der Waals surface area contributed by atoms with Crippen molar-refractivity contribution < 1.29 is 4.84 Å². The highest BCUT2D eigenvalue weighted by Gasteiger charge is 2.21. The summed E-state index contributed by atoms with van der Waals surface area (Å²) < 4.78 is 0. The minimum Gasteiger partial charge on any atom is -0.275 e. The van der Waals surface area contributed by atoms with E-state index in [1.807, 2.05) is 6.92 Å². The Kier molecular flexibility index (Phi) is 4.26. The number of amidine groups is 1. The summed E-state index contributed by atoms with van der Waals surface area (Å²) in [6.07, 6.45) is 2.52. The molecule has 0 saturated heterocycles. The van der Waals surface area contributed by atoms with Gasteiger partial charge in [-0.05, 0) is 37.8 Å². The summed E-state index contributed by atoms with van der Waals surface area (Å²) in [6, 6.07) is 5.30. The van der Waals surface area contributed by atoms with Crippen LogP contribution in [0.1, 0.15) is 19.8 Å². The fraction of sp³-hybridized carbons (Fsp3) is 0.417. The minimum atomic E-state index is 0.529. The summed E-state index contributed by atoms with van der Waals surface area (Å²) >= 11 is 12.0. The SMILES string of the molecule is CC(=Nc1c(Cl)cccc1Cl)NOCC1CC1. The van der Waals surface area contributed by atoms with Crippen molar-refractivity contribution in [2.24, 2.45) is 10.9 Å². The monoisotopic (exact) mass is 272 g/mol. The molecule has 5 heteroatoms. The van der Waals surface area contributed by atoms with Gasteiger partial charge in [-0.2, -0.15) is 0 Å². The lowest BCUT2D eigenvalue weighted by Gasteiger charge is -2.07. The first-order valence-electron chi connectivity index (χ1n) is 5.54. The number of hydroxylamine groups is 1. The highest BCUT2D eigenvalue weighted by atomic mass is 35.5. The van der Waals surface area contributed by atoms with Crippen LogP contribution in [0.25, 0.3) is 0 Å². The second kappa shape index (κ2) is 5.71. The Bertz CT molecular complexity index is 410. The van der Waals surface area contributed by atoms with E-state index in [0.717, 1.165) is 6.61 Å². The van der Waals surface area contributed by atoms with Crippen LogP contribution in [0.3, 0.4) is 0 Å². The van der Waals surface area contributed by atoms with E-state index in [-0.39, 0.29) is 0 Å². The Balaban J connectivity index is 1.96. The van der Waals surface area contributed by atoms with Crippen LogP contribution in [-0.2, 0) is 4.84 Å². The van der Waals surface area contributed by atoms with Crippen molar-refractivity contribution in [1.82, 2.24) is 5.48 Å². The smallest absolute Gasteiger partial charge is 0.123 e. The Morgan fingerprint density at radius 2 is 2.06 bits per heavy atom. The van der Waals surface area contributed by atoms with Gasteiger partial charge >= 0.3 is 0 Å². The fourth-order valence-electron chi connectivity index (χ4n) is 1.33. The highest BCUT2D eigenvalue weighted by Crippen LogP contribution is 2.32. The van der Waals surface area contributed by atoms with E-state index < -0.39 is 0 Å². The Morgan fingerprint density at radius 1 is 1.41 bits per heavy atom. The van der Waals surface area contributed by atoms with Crippen LogP contribution in [0.2, 0.25) is 10.0 Å². The average Bonchev–Trinajstić information content (AvgIpc) is 3.08. The molecule has 1 aromatic rings. The first kappa shape index (κ1) is 12.7. The molecule has 0 radical (unpaired) electrons. The Labute approximate surface area is 111 Å². The van der Waals surface area contributed by atoms with Crippen LogP contribution < -0.4 is 5.48 Å². The molecule has 0 aliphatic heterocycles. The molecule has 1 aliphatic rings. The van der Waals surface area contributed by atoms with Gasteiger partial charge in [0.15, 0.2) is 0 Å². The Hall–Kier alpha value is -0.770. The van der Waals surface area contributed by atoms with Gasteiger partial charge in [-0.1, -0.05) is 29.3 Å². The lowest BCUT2D eigenvalue weighted by Crippen LogP contribution is -2.21. The van der Waals surface area contributed by atoms with Crippen LogP contribution in [0.5, 0.6) is 0 Å². The van der Waals surface area contributed by atoms with E-state index in [9.17, 15) is 0 Å². The van der Waals surface area contributed by atoms with Gasteiger partial charge in [-0.15, -0.1) is 0 Å². The Morgan fingerprint density at radius 3 is 2.65 bits per heavy atom. The number of aliphatic imine (C=N–C) groups is 1. The van der Waals surface area contributed by atoms with Gasteiger partial charge in [0.25, 0.3) is 0 Å². The third-order valence-electron chi connectivity index (χ3n) is 2.45. The van der Waals surface area contributed by atoms with E-state index >= 15 is 0 Å². The summed E-state index contributed by atoms with van der Waals surface area (Å²) in [5, 5.41) is 1.06. The second-order valence-electron chi connectivity index (χ2n) is 4.12. The largest absolute Gasteiger partial charge is 0.275 e. The zero-order chi connectivity index (χ0) is 12.3. The van der Waals surface area contributed by atoms with Crippen molar-refractivity contribution in [2.75, 3.05) is 6.61 Å². The molecule has 92 valence electrons. The molecular formula is C12H14Cl2N2O. The molecule has 1 aromatic carbocycles. The van der Waals surface area contributed by atoms with E-state index in [0.29, 0.717) is 27.5 Å². The molecule has 0 unspecified atom stereocenters. The van der Waals surface area contributed by atoms with Crippen molar-refractivity contribution in [3.63, 3.8) is 0 Å². The lowest BCUT2D eigenvalue weighted by molar-refractivity contribution is 0.0760. The quantitative estimate of drug-likeness (QED) is 0.511. The van der Waals surface area contributed by atoms with Gasteiger partial charge in [-0.25, -0.2) is 4.99 Å². The molecule has 0 atom stereocenters. The highest BCUT2D eigenvalue weighted by molar-refractivity contribution is 6.38. The summed E-state index contributed by atoms with van der Waals surface area (Å²) in [5.74, 6) is 1.35. The molecular weight excluding hydrogens is 259 g/mol. The van der Waals surface area contributed by atoms with Gasteiger partial charge in [0.05, 0.1) is 16.7 Å². The molecule has 0 heterocycles. The van der Waals surface area contributed by atoms with E-state index in [1.165, 1.54) is 12.8 Å². The van der Waals surface area contributed by atoms with Crippen LogP contribution in [-0.4, -0.2) is 12.4 Å². The topological polar surface area (TPSA) is 33.6 Å². The molecule has 1 saturated carbocycles. The zero-order valence-electron chi connectivity index (χ0n) is 9.54. The molecule has 1 N–H and O–H groups in total. The third-order valence-corrected chi connectivity index (χ3v) is 3.06. The van der Waals surface area contributed by atoms with Crippen molar-refractivity contribution in [3.8, 4) is 0 Å². The molecule has 17 heavy (non-hydrogen) atoms. The number of rotatable bonds is 4. The van der Waals surface area contributed by atoms with E-state index in [4.69, 9.17) is 28.0 Å². The molecule has 1 fully saturated rings. The number of hydrogen-bond acceptors (Lipinski definition) is 2. The van der Waals surface area contributed by atoms with Gasteiger partial charge in [0, 0.05) is 0 Å². The van der Waals surface area contributed by atoms with Crippen LogP contribution in [0, 0.1) is 5.92 Å². The predicted octanol–water partition coefficient (Wildman–Crippen LogP) is 3.97. The number of nitrogens with zero attached hydrogens (tertiary/aromatic N) is 1. The molecule has 1 aliphatic carbocycles. The van der Waals surface area contributed by atoms with Gasteiger partial charge < -0.3 is 0 Å². The third kappa shape index (κ3) is 3.87. The standard InChI is InChI=1S/C12H14Cl2N2O/c1-8(16-17-7-9-5-6-9)15-12-10(13)3-2-4-11(12)14/h2-4,9H,5-7H2,1H3,(H,15,16). The van der Waals surface area contributed by atoms with Gasteiger partial charge in [-0.3, -0.25) is 10.3 Å². The van der Waals surface area contributed by atoms with Crippen molar-refractivity contribution >= 4 is 34.7 Å². The first-order valence-corrected chi connectivity index (χ1v) is 6.29. The summed E-state index contributed by atoms with van der Waals surface area (Å²) in [7, 11) is 0. The number of nitrogens with one attached hydrogen (secondary N) is 1. The molecule has 0 bridgehead atoms. The maximum Gasteiger partial charge on any atom is 0.123 e. The average molecular weight is 273 g/mol. The summed E-state index contributed by atoms with van der Waals surface area (Å²) in [4.78, 5) is 9.60. The predicted molar refractivity (Wildman–Crippen MR) is 71.0 cm³/mol. The van der Waals surface area contributed by atoms with Crippen LogP contribution >= 0.6 is 23.2 Å². The maximum atomic E-state index is 6.01. The van der Waals surface area contributed by atoms with E-state index in [1.54, 1.807) is 18.2 Å². The van der Waals surface area contributed by atoms with Crippen molar-refractivity contribution in [3.05, 3.63) is 28.2 Å². The van der Waals surface area contributed by atoms with Crippen molar-refractivity contribution in [1.29, 1.82) is 0 Å². The molecule has 2 rings (SSSR count). The van der Waals surface area contributed by atoms with Crippen LogP contribution in [0.15, 0.2) is 23.2 Å².